The molecule has 5 aliphatic rings. The van der Waals surface area contributed by atoms with Crippen molar-refractivity contribution in [3.8, 4) is 0 Å². The molecule has 4 unspecified atom stereocenters. The third-order valence-electron chi connectivity index (χ3n) is 14.4. The Morgan fingerprint density at radius 3 is 2.23 bits per heavy atom. The third kappa shape index (κ3) is 2.49. The summed E-state index contributed by atoms with van der Waals surface area (Å²) in [6.45, 7) is 2.53. The molecule has 0 heterocycles. The van der Waals surface area contributed by atoms with Gasteiger partial charge in [-0.3, -0.25) is 4.79 Å². The lowest BCUT2D eigenvalue weighted by Gasteiger charge is -2.51. The lowest BCUT2D eigenvalue weighted by molar-refractivity contribution is -0.140. The summed E-state index contributed by atoms with van der Waals surface area (Å²) in [6.07, 6.45) is 9.43. The Morgan fingerprint density at radius 2 is 1.44 bits per heavy atom. The van der Waals surface area contributed by atoms with Crippen LogP contribution in [0.1, 0.15) is 83.0 Å². The molecule has 0 N–H and O–H groups in total. The highest BCUT2D eigenvalue weighted by Gasteiger charge is 2.54. The smallest absolute Gasteiger partial charge is 0.305 e. The van der Waals surface area contributed by atoms with Crippen LogP contribution >= 0.6 is 0 Å². The number of methoxy groups -OCH3 is 1. The molecule has 2 nitrogen and oxygen atoms in total. The first kappa shape index (κ1) is 25.3. The first-order valence-electron chi connectivity index (χ1n) is 18.2. The summed E-state index contributed by atoms with van der Waals surface area (Å²) in [7, 11) is 1.53. The maximum atomic E-state index is 12.6. The van der Waals surface area contributed by atoms with Gasteiger partial charge in [-0.15, -0.1) is 0 Å². The van der Waals surface area contributed by atoms with Crippen LogP contribution in [0.4, 0.5) is 0 Å². The molecule has 0 aliphatic heterocycles. The number of carbonyl (C=O) groups excluding carboxylic acids is 1. The van der Waals surface area contributed by atoms with Crippen LogP contribution in [0, 0.1) is 11.8 Å². The molecule has 8 aromatic rings. The van der Waals surface area contributed by atoms with Crippen LogP contribution in [0.15, 0.2) is 66.7 Å². The summed E-state index contributed by atoms with van der Waals surface area (Å²) in [5, 5.41) is 18.6. The topological polar surface area (TPSA) is 26.3 Å². The summed E-state index contributed by atoms with van der Waals surface area (Å²) >= 11 is 0. The first-order chi connectivity index (χ1) is 23.6. The van der Waals surface area contributed by atoms with E-state index in [1.165, 1.54) is 45.3 Å². The van der Waals surface area contributed by atoms with E-state index in [0.717, 1.165) is 38.5 Å². The summed E-state index contributed by atoms with van der Waals surface area (Å²) in [4.78, 5) is 12.6. The molecule has 0 amide bonds. The van der Waals surface area contributed by atoms with Gasteiger partial charge in [-0.1, -0.05) is 73.7 Å². The molecular formula is C46H34O2. The second-order valence-electron chi connectivity index (χ2n) is 16.1. The van der Waals surface area contributed by atoms with Gasteiger partial charge in [-0.05, 0) is 165 Å². The van der Waals surface area contributed by atoms with Crippen LogP contribution in [-0.2, 0) is 34.2 Å². The van der Waals surface area contributed by atoms with E-state index >= 15 is 0 Å². The summed E-state index contributed by atoms with van der Waals surface area (Å²) in [5.41, 5.74) is 14.1. The minimum Gasteiger partial charge on any atom is -0.469 e. The molecule has 0 aromatic heterocycles. The van der Waals surface area contributed by atoms with Crippen LogP contribution in [-0.4, -0.2) is 13.1 Å². The van der Waals surface area contributed by atoms with Gasteiger partial charge in [0.2, 0.25) is 0 Å². The highest BCUT2D eigenvalue weighted by Crippen LogP contribution is 2.69. The molecule has 0 fully saturated rings. The molecule has 8 aromatic carbocycles. The van der Waals surface area contributed by atoms with Crippen molar-refractivity contribution >= 4 is 76.2 Å². The Bertz CT molecular complexity index is 2840. The molecule has 0 radical (unpaired) electrons. The van der Waals surface area contributed by atoms with Crippen molar-refractivity contribution < 1.29 is 9.53 Å². The molecule has 0 spiro atoms. The van der Waals surface area contributed by atoms with E-state index in [9.17, 15) is 4.79 Å². The minimum absolute atomic E-state index is 0.0937. The average molecular weight is 619 g/mol. The van der Waals surface area contributed by atoms with Crippen molar-refractivity contribution in [3.05, 3.63) is 111 Å². The number of benzene rings is 7. The summed E-state index contributed by atoms with van der Waals surface area (Å²) in [5.74, 6) is 1.00. The molecule has 48 heavy (non-hydrogen) atoms. The molecule has 4 atom stereocenters. The Morgan fingerprint density at radius 1 is 0.750 bits per heavy atom. The standard InChI is InChI=1S/C46H34O2/c1-21-10-11-22-15-25-18-26-16-23-12-13-24-17-27-19-28-20-30(46(21,14-6-9-31(47)48-2)29-7-4-3-5-8-29)39-34(22)42-36(25)35(26)40-32(23)33(24)41-37(27)38(28)43(39)45(42)44(40)41/h3-5,7-8,12-13,15-17,20-21,30,39H,6,9-11,14,18-19H2,1-2H3. The van der Waals surface area contributed by atoms with Gasteiger partial charge in [0, 0.05) is 17.8 Å². The highest BCUT2D eigenvalue weighted by atomic mass is 16.5. The van der Waals surface area contributed by atoms with Gasteiger partial charge < -0.3 is 4.74 Å². The quantitative estimate of drug-likeness (QED) is 0.142. The maximum Gasteiger partial charge on any atom is 0.305 e. The van der Waals surface area contributed by atoms with Gasteiger partial charge in [0.25, 0.3) is 0 Å². The number of carbonyl (C=O) groups is 1. The lowest BCUT2D eigenvalue weighted by Crippen LogP contribution is -2.46. The van der Waals surface area contributed by atoms with Crippen molar-refractivity contribution in [2.75, 3.05) is 7.11 Å². The Labute approximate surface area is 278 Å². The van der Waals surface area contributed by atoms with E-state index in [1.807, 2.05) is 0 Å². The normalized spacial score (nSPS) is 24.5. The number of esters is 1. The van der Waals surface area contributed by atoms with E-state index in [-0.39, 0.29) is 11.4 Å². The van der Waals surface area contributed by atoms with E-state index in [0.29, 0.717) is 24.2 Å². The highest BCUT2D eigenvalue weighted by molar-refractivity contribution is 6.51. The molecular weight excluding hydrogens is 585 g/mol. The fraction of sp³-hybridized carbons (Fsp3) is 0.283. The van der Waals surface area contributed by atoms with Crippen LogP contribution in [0.5, 0.6) is 0 Å². The van der Waals surface area contributed by atoms with Crippen LogP contribution in [0.25, 0.3) is 70.2 Å². The molecule has 230 valence electrons. The van der Waals surface area contributed by atoms with Crippen molar-refractivity contribution in [2.24, 2.45) is 11.8 Å². The van der Waals surface area contributed by atoms with Gasteiger partial charge in [-0.2, -0.15) is 0 Å². The number of ether oxygens (including phenoxy) is 1. The molecule has 0 saturated heterocycles. The molecule has 0 saturated carbocycles. The van der Waals surface area contributed by atoms with Crippen molar-refractivity contribution in [1.82, 2.24) is 0 Å². The Hall–Kier alpha value is -4.69. The second-order valence-corrected chi connectivity index (χ2v) is 16.1. The van der Waals surface area contributed by atoms with E-state index in [1.54, 1.807) is 76.5 Å². The fourth-order valence-electron chi connectivity index (χ4n) is 12.9. The van der Waals surface area contributed by atoms with Gasteiger partial charge in [0.05, 0.1) is 7.11 Å². The number of rotatable bonds is 5. The largest absolute Gasteiger partial charge is 0.469 e. The summed E-state index contributed by atoms with van der Waals surface area (Å²) in [6, 6.07) is 24.1. The van der Waals surface area contributed by atoms with Crippen LogP contribution in [0.3, 0.4) is 0 Å². The van der Waals surface area contributed by atoms with E-state index in [4.69, 9.17) is 4.74 Å². The van der Waals surface area contributed by atoms with Crippen molar-refractivity contribution in [3.63, 3.8) is 0 Å². The van der Waals surface area contributed by atoms with Crippen LogP contribution in [0.2, 0.25) is 0 Å². The number of allylic oxidation sites excluding steroid dienone is 2. The van der Waals surface area contributed by atoms with Gasteiger partial charge in [-0.25, -0.2) is 0 Å². The summed E-state index contributed by atoms with van der Waals surface area (Å²) < 4.78 is 5.18. The number of aryl methyl sites for hydroxylation is 1. The third-order valence-corrected chi connectivity index (χ3v) is 14.4. The first-order valence-corrected chi connectivity index (χ1v) is 18.2. The second kappa shape index (κ2) is 7.95. The molecule has 5 aliphatic carbocycles. The van der Waals surface area contributed by atoms with Gasteiger partial charge in [0.15, 0.2) is 0 Å². The zero-order valence-corrected chi connectivity index (χ0v) is 27.3. The monoisotopic (exact) mass is 618 g/mol. The Kier molecular flexibility index (Phi) is 4.20. The average Bonchev–Trinajstić information content (AvgIpc) is 3.85. The van der Waals surface area contributed by atoms with E-state index < -0.39 is 0 Å². The molecule has 0 bridgehead atoms. The van der Waals surface area contributed by atoms with E-state index in [2.05, 4.69) is 73.7 Å². The van der Waals surface area contributed by atoms with Gasteiger partial charge in [0.1, 0.15) is 0 Å². The molecule has 2 heteroatoms. The maximum absolute atomic E-state index is 12.6. The molecule has 13 rings (SSSR count). The SMILES string of the molecule is COC(=O)CCCC1(c2ccccc2)C(C)CCc2cc3c4c5c2C2c6c7c8c(cc9ccc%10cc(c4c4c%10c9c8c4c65)C3)CC7=CC21. The van der Waals surface area contributed by atoms with Crippen LogP contribution < -0.4 is 0 Å². The fourth-order valence-corrected chi connectivity index (χ4v) is 12.9. The zero-order valence-electron chi connectivity index (χ0n) is 27.3. The van der Waals surface area contributed by atoms with Gasteiger partial charge >= 0.3 is 5.97 Å². The predicted molar refractivity (Wildman–Crippen MR) is 196 cm³/mol. The number of hydrogen-bond donors (Lipinski definition) is 0. The predicted octanol–water partition coefficient (Wildman–Crippen LogP) is 10.7. The van der Waals surface area contributed by atoms with Crippen molar-refractivity contribution in [1.29, 1.82) is 0 Å². The number of hydrogen-bond acceptors (Lipinski definition) is 2. The van der Waals surface area contributed by atoms with Crippen molar-refractivity contribution in [2.45, 2.75) is 63.2 Å². The zero-order chi connectivity index (χ0) is 31.4. The minimum atomic E-state index is -0.0980. The Balaban J connectivity index is 1.23. The lowest BCUT2D eigenvalue weighted by atomic mass is 9.52.